The van der Waals surface area contributed by atoms with Crippen molar-refractivity contribution in [1.82, 2.24) is 10.6 Å². The van der Waals surface area contributed by atoms with Crippen LogP contribution in [0.5, 0.6) is 0 Å². The lowest BCUT2D eigenvalue weighted by Crippen LogP contribution is -2.46. The Morgan fingerprint density at radius 2 is 1.93 bits per heavy atom. The van der Waals surface area contributed by atoms with Crippen LogP contribution in [0.2, 0.25) is 0 Å². The first-order valence-corrected chi connectivity index (χ1v) is 5.49. The van der Waals surface area contributed by atoms with E-state index in [1.165, 1.54) is 0 Å². The third kappa shape index (κ3) is 11.2. The third-order valence-corrected chi connectivity index (χ3v) is 1.55. The van der Waals surface area contributed by atoms with Gasteiger partial charge in [-0.05, 0) is 41.0 Å². The van der Waals surface area contributed by atoms with E-state index in [-0.39, 0.29) is 17.7 Å². The Hall–Kier alpha value is -0.770. The van der Waals surface area contributed by atoms with Crippen LogP contribution in [0.1, 0.15) is 41.0 Å². The first-order chi connectivity index (χ1) is 6.81. The maximum atomic E-state index is 11.3. The SMILES string of the molecule is CC(C)OCCCNC(=O)NC(C)(C)C. The molecule has 0 atom stereocenters. The number of hydrogen-bond acceptors (Lipinski definition) is 2. The van der Waals surface area contributed by atoms with Gasteiger partial charge in [-0.15, -0.1) is 0 Å². The molecule has 0 fully saturated rings. The van der Waals surface area contributed by atoms with Gasteiger partial charge < -0.3 is 15.4 Å². The van der Waals surface area contributed by atoms with Crippen LogP contribution in [-0.4, -0.2) is 30.8 Å². The summed E-state index contributed by atoms with van der Waals surface area (Å²) in [5.74, 6) is 0. The summed E-state index contributed by atoms with van der Waals surface area (Å²) in [6.45, 7) is 11.2. The standard InChI is InChI=1S/C11H24N2O2/c1-9(2)15-8-6-7-12-10(14)13-11(3,4)5/h9H,6-8H2,1-5H3,(H2,12,13,14). The van der Waals surface area contributed by atoms with Gasteiger partial charge in [0.1, 0.15) is 0 Å². The second kappa shape index (κ2) is 6.67. The Kier molecular flexibility index (Phi) is 6.32. The highest BCUT2D eigenvalue weighted by molar-refractivity contribution is 5.74. The van der Waals surface area contributed by atoms with Gasteiger partial charge in [0, 0.05) is 18.7 Å². The molecule has 0 unspecified atom stereocenters. The van der Waals surface area contributed by atoms with Crippen molar-refractivity contribution >= 4 is 6.03 Å². The summed E-state index contributed by atoms with van der Waals surface area (Å²) in [5.41, 5.74) is -0.182. The molecule has 4 heteroatoms. The molecule has 15 heavy (non-hydrogen) atoms. The number of carbonyl (C=O) groups is 1. The lowest BCUT2D eigenvalue weighted by atomic mass is 10.1. The van der Waals surface area contributed by atoms with Crippen molar-refractivity contribution in [2.45, 2.75) is 52.7 Å². The topological polar surface area (TPSA) is 50.4 Å². The molecule has 0 aromatic heterocycles. The van der Waals surface area contributed by atoms with Crippen LogP contribution in [0.25, 0.3) is 0 Å². The van der Waals surface area contributed by atoms with E-state index in [4.69, 9.17) is 4.74 Å². The lowest BCUT2D eigenvalue weighted by Gasteiger charge is -2.20. The highest BCUT2D eigenvalue weighted by Gasteiger charge is 2.12. The van der Waals surface area contributed by atoms with E-state index in [1.54, 1.807) is 0 Å². The van der Waals surface area contributed by atoms with Crippen LogP contribution in [0.3, 0.4) is 0 Å². The second-order valence-corrected chi connectivity index (χ2v) is 4.90. The molecule has 0 radical (unpaired) electrons. The van der Waals surface area contributed by atoms with Gasteiger partial charge in [0.2, 0.25) is 0 Å². The van der Waals surface area contributed by atoms with Crippen molar-refractivity contribution in [2.24, 2.45) is 0 Å². The van der Waals surface area contributed by atoms with Gasteiger partial charge in [0.15, 0.2) is 0 Å². The molecule has 0 aliphatic rings. The lowest BCUT2D eigenvalue weighted by molar-refractivity contribution is 0.0774. The van der Waals surface area contributed by atoms with Crippen LogP contribution in [0.15, 0.2) is 0 Å². The summed E-state index contributed by atoms with van der Waals surface area (Å²) in [7, 11) is 0. The summed E-state index contributed by atoms with van der Waals surface area (Å²) in [6, 6.07) is -0.118. The fourth-order valence-corrected chi connectivity index (χ4v) is 0.978. The minimum Gasteiger partial charge on any atom is -0.379 e. The van der Waals surface area contributed by atoms with Gasteiger partial charge in [-0.25, -0.2) is 4.79 Å². The molecule has 2 amide bonds. The molecule has 90 valence electrons. The molecule has 0 spiro atoms. The summed E-state index contributed by atoms with van der Waals surface area (Å²) in [6.07, 6.45) is 1.10. The molecule has 0 saturated carbocycles. The predicted molar refractivity (Wildman–Crippen MR) is 62.0 cm³/mol. The number of rotatable bonds is 5. The zero-order chi connectivity index (χ0) is 11.9. The number of nitrogens with one attached hydrogen (secondary N) is 2. The highest BCUT2D eigenvalue weighted by atomic mass is 16.5. The van der Waals surface area contributed by atoms with E-state index in [0.29, 0.717) is 13.2 Å². The molecule has 2 N–H and O–H groups in total. The largest absolute Gasteiger partial charge is 0.379 e. The smallest absolute Gasteiger partial charge is 0.315 e. The summed E-state index contributed by atoms with van der Waals surface area (Å²) in [4.78, 5) is 11.3. The van der Waals surface area contributed by atoms with Crippen LogP contribution >= 0.6 is 0 Å². The Morgan fingerprint density at radius 3 is 2.40 bits per heavy atom. The Bertz CT molecular complexity index is 186. The summed E-state index contributed by atoms with van der Waals surface area (Å²) in [5, 5.41) is 5.61. The number of amides is 2. The molecular weight excluding hydrogens is 192 g/mol. The fourth-order valence-electron chi connectivity index (χ4n) is 0.978. The van der Waals surface area contributed by atoms with Gasteiger partial charge in [0.25, 0.3) is 0 Å². The Labute approximate surface area is 92.8 Å². The van der Waals surface area contributed by atoms with Gasteiger partial charge >= 0.3 is 6.03 Å². The molecule has 0 aliphatic heterocycles. The summed E-state index contributed by atoms with van der Waals surface area (Å²) < 4.78 is 5.35. The third-order valence-electron chi connectivity index (χ3n) is 1.55. The molecule has 0 aromatic carbocycles. The van der Waals surface area contributed by atoms with Crippen molar-refractivity contribution in [3.05, 3.63) is 0 Å². The monoisotopic (exact) mass is 216 g/mol. The van der Waals surface area contributed by atoms with Gasteiger partial charge in [-0.3, -0.25) is 0 Å². The minimum atomic E-state index is -0.182. The highest BCUT2D eigenvalue weighted by Crippen LogP contribution is 1.97. The molecule has 0 saturated heterocycles. The van der Waals surface area contributed by atoms with Crippen molar-refractivity contribution < 1.29 is 9.53 Å². The van der Waals surface area contributed by atoms with Gasteiger partial charge in [-0.1, -0.05) is 0 Å². The van der Waals surface area contributed by atoms with Crippen LogP contribution in [-0.2, 0) is 4.74 Å². The number of hydrogen-bond donors (Lipinski definition) is 2. The predicted octanol–water partition coefficient (Wildman–Crippen LogP) is 1.90. The normalized spacial score (nSPS) is 11.6. The zero-order valence-electron chi connectivity index (χ0n) is 10.5. The maximum absolute atomic E-state index is 11.3. The summed E-state index contributed by atoms with van der Waals surface area (Å²) >= 11 is 0. The van der Waals surface area contributed by atoms with Crippen molar-refractivity contribution in [3.63, 3.8) is 0 Å². The van der Waals surface area contributed by atoms with E-state index < -0.39 is 0 Å². The molecule has 0 bridgehead atoms. The van der Waals surface area contributed by atoms with E-state index in [2.05, 4.69) is 10.6 Å². The van der Waals surface area contributed by atoms with Crippen LogP contribution in [0, 0.1) is 0 Å². The number of carbonyl (C=O) groups excluding carboxylic acids is 1. The first-order valence-electron chi connectivity index (χ1n) is 5.49. The number of urea groups is 1. The van der Waals surface area contributed by atoms with E-state index >= 15 is 0 Å². The van der Waals surface area contributed by atoms with E-state index in [0.717, 1.165) is 6.42 Å². The maximum Gasteiger partial charge on any atom is 0.315 e. The first kappa shape index (κ1) is 14.2. The minimum absolute atomic E-state index is 0.118. The average Bonchev–Trinajstić information content (AvgIpc) is 1.99. The average molecular weight is 216 g/mol. The molecule has 0 aromatic rings. The molecule has 0 aliphatic carbocycles. The number of ether oxygens (including phenoxy) is 1. The second-order valence-electron chi connectivity index (χ2n) is 4.90. The van der Waals surface area contributed by atoms with Crippen LogP contribution < -0.4 is 10.6 Å². The van der Waals surface area contributed by atoms with Crippen molar-refractivity contribution in [1.29, 1.82) is 0 Å². The van der Waals surface area contributed by atoms with Gasteiger partial charge in [-0.2, -0.15) is 0 Å². The molecular formula is C11H24N2O2. The van der Waals surface area contributed by atoms with E-state index in [9.17, 15) is 4.79 Å². The van der Waals surface area contributed by atoms with Crippen LogP contribution in [0.4, 0.5) is 4.79 Å². The zero-order valence-corrected chi connectivity index (χ0v) is 10.5. The fraction of sp³-hybridized carbons (Fsp3) is 0.909. The quantitative estimate of drug-likeness (QED) is 0.690. The molecule has 0 rings (SSSR count). The van der Waals surface area contributed by atoms with Gasteiger partial charge in [0.05, 0.1) is 6.10 Å². The molecule has 0 heterocycles. The van der Waals surface area contributed by atoms with E-state index in [1.807, 2.05) is 34.6 Å². The Morgan fingerprint density at radius 1 is 1.33 bits per heavy atom. The molecule has 4 nitrogen and oxygen atoms in total. The Balaban J connectivity index is 3.40. The van der Waals surface area contributed by atoms with Crippen molar-refractivity contribution in [2.75, 3.05) is 13.2 Å². The van der Waals surface area contributed by atoms with Crippen molar-refractivity contribution in [3.8, 4) is 0 Å².